The lowest BCUT2D eigenvalue weighted by molar-refractivity contribution is -0.119. The topological polar surface area (TPSA) is 106 Å². The van der Waals surface area contributed by atoms with Gasteiger partial charge in [-0.1, -0.05) is 25.6 Å². The molecule has 0 spiro atoms. The Hall–Kier alpha value is -2.85. The van der Waals surface area contributed by atoms with E-state index in [1.165, 1.54) is 42.2 Å². The van der Waals surface area contributed by atoms with E-state index >= 15 is 0 Å². The summed E-state index contributed by atoms with van der Waals surface area (Å²) < 4.78 is 35.4. The first-order valence-corrected chi connectivity index (χ1v) is 11.9. The standard InChI is InChI=1S/C21H23N3O5S2/c1-4-28-16-9-11-18(12-10-16)31(26,27)29-17-7-5-15(6-8-17)13-22-24-21-23-20(25)19(30-21)14(2)3/h5-14,19H,4H2,1-3H3,(H,23,24,25)/b22-13-. The number of rotatable bonds is 8. The average molecular weight is 462 g/mol. The number of nitrogens with zero attached hydrogens (tertiary/aromatic N) is 2. The van der Waals surface area contributed by atoms with E-state index in [1.54, 1.807) is 24.3 Å². The number of benzene rings is 2. The van der Waals surface area contributed by atoms with Crippen molar-refractivity contribution in [2.75, 3.05) is 6.61 Å². The minimum absolute atomic E-state index is 0.0354. The Balaban J connectivity index is 1.61. The van der Waals surface area contributed by atoms with E-state index in [2.05, 4.69) is 15.5 Å². The molecule has 2 aromatic rings. The highest BCUT2D eigenvalue weighted by Gasteiger charge is 2.32. The zero-order valence-electron chi connectivity index (χ0n) is 17.3. The first kappa shape index (κ1) is 22.8. The predicted molar refractivity (Wildman–Crippen MR) is 121 cm³/mol. The van der Waals surface area contributed by atoms with Gasteiger partial charge in [0.15, 0.2) is 5.17 Å². The number of amides is 1. The summed E-state index contributed by atoms with van der Waals surface area (Å²) in [5.41, 5.74) is 0.699. The van der Waals surface area contributed by atoms with Crippen LogP contribution in [0, 0.1) is 5.92 Å². The molecule has 31 heavy (non-hydrogen) atoms. The summed E-state index contributed by atoms with van der Waals surface area (Å²) >= 11 is 1.35. The molecule has 8 nitrogen and oxygen atoms in total. The van der Waals surface area contributed by atoms with Gasteiger partial charge in [0.25, 0.3) is 0 Å². The molecular formula is C21H23N3O5S2. The van der Waals surface area contributed by atoms with Crippen molar-refractivity contribution in [3.63, 3.8) is 0 Å². The highest BCUT2D eigenvalue weighted by Crippen LogP contribution is 2.26. The monoisotopic (exact) mass is 461 g/mol. The van der Waals surface area contributed by atoms with Gasteiger partial charge >= 0.3 is 10.1 Å². The van der Waals surface area contributed by atoms with Crippen LogP contribution in [0.15, 0.2) is 63.6 Å². The van der Waals surface area contributed by atoms with Gasteiger partial charge < -0.3 is 14.2 Å². The Bertz CT molecular complexity index is 1080. The molecular weight excluding hydrogens is 438 g/mol. The van der Waals surface area contributed by atoms with Crippen LogP contribution in [0.5, 0.6) is 11.5 Å². The van der Waals surface area contributed by atoms with E-state index in [0.717, 1.165) is 0 Å². The van der Waals surface area contributed by atoms with Gasteiger partial charge in [-0.3, -0.25) is 4.79 Å². The third-order valence-electron chi connectivity index (χ3n) is 4.20. The zero-order valence-corrected chi connectivity index (χ0v) is 18.9. The molecule has 1 saturated heterocycles. The van der Waals surface area contributed by atoms with E-state index in [0.29, 0.717) is 23.1 Å². The Labute approximate surface area is 185 Å². The van der Waals surface area contributed by atoms with Crippen LogP contribution in [0.2, 0.25) is 0 Å². The minimum atomic E-state index is -3.96. The molecule has 1 fully saturated rings. The van der Waals surface area contributed by atoms with Crippen LogP contribution in [0.3, 0.4) is 0 Å². The van der Waals surface area contributed by atoms with Gasteiger partial charge in [0.2, 0.25) is 5.91 Å². The number of ether oxygens (including phenoxy) is 1. The first-order valence-electron chi connectivity index (χ1n) is 9.64. The minimum Gasteiger partial charge on any atom is -0.494 e. The molecule has 0 bridgehead atoms. The van der Waals surface area contributed by atoms with Crippen molar-refractivity contribution in [2.45, 2.75) is 30.9 Å². The lowest BCUT2D eigenvalue weighted by Crippen LogP contribution is -2.27. The molecule has 1 N–H and O–H groups in total. The molecule has 1 heterocycles. The van der Waals surface area contributed by atoms with Crippen molar-refractivity contribution in [2.24, 2.45) is 16.1 Å². The van der Waals surface area contributed by atoms with E-state index in [4.69, 9.17) is 8.92 Å². The second-order valence-corrected chi connectivity index (χ2v) is 9.61. The molecule has 1 amide bonds. The van der Waals surface area contributed by atoms with E-state index in [1.807, 2.05) is 20.8 Å². The molecule has 1 aliphatic heterocycles. The Morgan fingerprint density at radius 3 is 2.32 bits per heavy atom. The van der Waals surface area contributed by atoms with Crippen molar-refractivity contribution in [3.05, 3.63) is 54.1 Å². The SMILES string of the molecule is CCOc1ccc(S(=O)(=O)Oc2ccc(/C=N\N=C3\NC(=O)C(C(C)C)S3)cc2)cc1. The Morgan fingerprint density at radius 2 is 1.74 bits per heavy atom. The van der Waals surface area contributed by atoms with Gasteiger partial charge in [0, 0.05) is 0 Å². The predicted octanol–water partition coefficient (Wildman–Crippen LogP) is 3.43. The summed E-state index contributed by atoms with van der Waals surface area (Å²) in [7, 11) is -3.96. The summed E-state index contributed by atoms with van der Waals surface area (Å²) in [4.78, 5) is 11.9. The van der Waals surface area contributed by atoms with Crippen molar-refractivity contribution >= 4 is 39.2 Å². The maximum Gasteiger partial charge on any atom is 0.339 e. The molecule has 3 rings (SSSR count). The van der Waals surface area contributed by atoms with Crippen LogP contribution in [0.1, 0.15) is 26.3 Å². The van der Waals surface area contributed by atoms with Crippen LogP contribution in [0.4, 0.5) is 0 Å². The van der Waals surface area contributed by atoms with Crippen LogP contribution >= 0.6 is 11.8 Å². The van der Waals surface area contributed by atoms with E-state index in [-0.39, 0.29) is 27.7 Å². The summed E-state index contributed by atoms with van der Waals surface area (Å²) in [6.07, 6.45) is 1.51. The lowest BCUT2D eigenvalue weighted by Gasteiger charge is -2.08. The highest BCUT2D eigenvalue weighted by molar-refractivity contribution is 8.15. The Kier molecular flexibility index (Phi) is 7.34. The molecule has 1 unspecified atom stereocenters. The first-order chi connectivity index (χ1) is 14.8. The van der Waals surface area contributed by atoms with Crippen molar-refractivity contribution in [1.29, 1.82) is 0 Å². The third-order valence-corrected chi connectivity index (χ3v) is 6.88. The second kappa shape index (κ2) is 9.97. The van der Waals surface area contributed by atoms with Gasteiger partial charge in [-0.2, -0.15) is 13.5 Å². The number of nitrogens with one attached hydrogen (secondary N) is 1. The molecule has 0 aliphatic carbocycles. The lowest BCUT2D eigenvalue weighted by atomic mass is 10.1. The van der Waals surface area contributed by atoms with Gasteiger partial charge in [0.05, 0.1) is 18.1 Å². The molecule has 1 aliphatic rings. The van der Waals surface area contributed by atoms with Crippen LogP contribution in [-0.4, -0.2) is 37.6 Å². The molecule has 0 radical (unpaired) electrons. The molecule has 0 saturated carbocycles. The van der Waals surface area contributed by atoms with Crippen molar-refractivity contribution in [1.82, 2.24) is 5.32 Å². The van der Waals surface area contributed by atoms with Crippen LogP contribution < -0.4 is 14.2 Å². The van der Waals surface area contributed by atoms with Crippen molar-refractivity contribution < 1.29 is 22.1 Å². The molecule has 164 valence electrons. The van der Waals surface area contributed by atoms with Crippen molar-refractivity contribution in [3.8, 4) is 11.5 Å². The summed E-state index contributed by atoms with van der Waals surface area (Å²) in [6, 6.07) is 12.4. The number of hydrogen-bond donors (Lipinski definition) is 1. The quantitative estimate of drug-likeness (QED) is 0.367. The smallest absolute Gasteiger partial charge is 0.339 e. The Morgan fingerprint density at radius 1 is 1.10 bits per heavy atom. The molecule has 10 heteroatoms. The van der Waals surface area contributed by atoms with Gasteiger partial charge in [-0.15, -0.1) is 5.10 Å². The fourth-order valence-corrected chi connectivity index (χ4v) is 4.53. The third kappa shape index (κ3) is 6.08. The zero-order chi connectivity index (χ0) is 22.4. The maximum atomic E-state index is 12.4. The average Bonchev–Trinajstić information content (AvgIpc) is 3.10. The van der Waals surface area contributed by atoms with Gasteiger partial charge in [0.1, 0.15) is 16.4 Å². The van der Waals surface area contributed by atoms with E-state index < -0.39 is 10.1 Å². The number of carbonyl (C=O) groups is 1. The number of carbonyl (C=O) groups excluding carboxylic acids is 1. The molecule has 0 aromatic heterocycles. The number of hydrogen-bond acceptors (Lipinski definition) is 8. The summed E-state index contributed by atoms with van der Waals surface area (Å²) in [5, 5.41) is 11.0. The van der Waals surface area contributed by atoms with Crippen LogP contribution in [0.25, 0.3) is 0 Å². The van der Waals surface area contributed by atoms with Gasteiger partial charge in [-0.25, -0.2) is 0 Å². The number of thioether (sulfide) groups is 1. The van der Waals surface area contributed by atoms with E-state index in [9.17, 15) is 13.2 Å². The molecule has 2 aromatic carbocycles. The molecule has 1 atom stereocenters. The summed E-state index contributed by atoms with van der Waals surface area (Å²) in [5.74, 6) is 0.900. The fourth-order valence-electron chi connectivity index (χ4n) is 2.67. The number of amidine groups is 1. The second-order valence-electron chi connectivity index (χ2n) is 6.93. The normalized spacial score (nSPS) is 18.0. The highest BCUT2D eigenvalue weighted by atomic mass is 32.2. The largest absolute Gasteiger partial charge is 0.494 e. The van der Waals surface area contributed by atoms with Gasteiger partial charge in [-0.05, 0) is 66.9 Å². The maximum absolute atomic E-state index is 12.4. The van der Waals surface area contributed by atoms with Crippen LogP contribution in [-0.2, 0) is 14.9 Å². The fraction of sp³-hybridized carbons (Fsp3) is 0.286. The summed E-state index contributed by atoms with van der Waals surface area (Å²) in [6.45, 7) is 6.30.